The number of nitrogens with zero attached hydrogens (tertiary/aromatic N) is 1. The molecule has 18 heavy (non-hydrogen) atoms. The monoisotopic (exact) mass is 257 g/mol. The lowest BCUT2D eigenvalue weighted by molar-refractivity contribution is -0.138. The Morgan fingerprint density at radius 3 is 2.39 bits per heavy atom. The van der Waals surface area contributed by atoms with Crippen molar-refractivity contribution in [2.45, 2.75) is 31.7 Å². The van der Waals surface area contributed by atoms with Gasteiger partial charge in [0, 0.05) is 19.6 Å². The molecule has 0 aliphatic carbocycles. The molecule has 0 saturated carbocycles. The third-order valence-corrected chi connectivity index (χ3v) is 2.85. The average Bonchev–Trinajstić information content (AvgIpc) is 2.79. The lowest BCUT2D eigenvalue weighted by Crippen LogP contribution is -2.47. The van der Waals surface area contributed by atoms with E-state index in [0.717, 1.165) is 12.8 Å². The summed E-state index contributed by atoms with van der Waals surface area (Å²) in [6.07, 6.45) is 1.73. The van der Waals surface area contributed by atoms with Crippen molar-refractivity contribution in [3.8, 4) is 0 Å². The van der Waals surface area contributed by atoms with Crippen molar-refractivity contribution in [1.82, 2.24) is 10.2 Å². The summed E-state index contributed by atoms with van der Waals surface area (Å²) in [5.74, 6) is -1.69. The van der Waals surface area contributed by atoms with Gasteiger partial charge in [-0.2, -0.15) is 0 Å². The van der Waals surface area contributed by atoms with E-state index in [2.05, 4.69) is 5.32 Å². The second-order valence-electron chi connectivity index (χ2n) is 4.35. The van der Waals surface area contributed by atoms with Gasteiger partial charge in [0.15, 0.2) is 0 Å². The zero-order valence-electron chi connectivity index (χ0n) is 10.2. The van der Waals surface area contributed by atoms with Crippen LogP contribution in [0.2, 0.25) is 0 Å². The first-order valence-electron chi connectivity index (χ1n) is 6.03. The molecule has 0 radical (unpaired) electrons. The van der Waals surface area contributed by atoms with Crippen LogP contribution in [0, 0.1) is 0 Å². The Hall–Kier alpha value is -1.63. The summed E-state index contributed by atoms with van der Waals surface area (Å²) in [5.41, 5.74) is 5.10. The van der Waals surface area contributed by atoms with Crippen LogP contribution in [0.15, 0.2) is 0 Å². The molecule has 1 aliphatic heterocycles. The molecular formula is C11H19N3O4. The first-order chi connectivity index (χ1) is 8.50. The molecule has 102 valence electrons. The zero-order chi connectivity index (χ0) is 13.5. The highest BCUT2D eigenvalue weighted by molar-refractivity contribution is 5.88. The quantitative estimate of drug-likeness (QED) is 0.537. The van der Waals surface area contributed by atoms with E-state index < -0.39 is 17.9 Å². The van der Waals surface area contributed by atoms with Crippen LogP contribution in [-0.4, -0.2) is 53.5 Å². The molecular weight excluding hydrogens is 238 g/mol. The fourth-order valence-electron chi connectivity index (χ4n) is 1.96. The molecule has 0 bridgehead atoms. The molecule has 1 fully saturated rings. The number of carboxylic acids is 1. The van der Waals surface area contributed by atoms with Gasteiger partial charge in [0.1, 0.15) is 0 Å². The van der Waals surface area contributed by atoms with E-state index in [9.17, 15) is 14.4 Å². The molecule has 0 spiro atoms. The van der Waals surface area contributed by atoms with Gasteiger partial charge in [0.2, 0.25) is 11.8 Å². The van der Waals surface area contributed by atoms with Crippen LogP contribution < -0.4 is 11.1 Å². The molecule has 4 N–H and O–H groups in total. The van der Waals surface area contributed by atoms with Crippen molar-refractivity contribution >= 4 is 17.8 Å². The van der Waals surface area contributed by atoms with E-state index in [0.29, 0.717) is 13.1 Å². The number of carbonyl (C=O) groups is 3. The molecule has 0 aromatic rings. The van der Waals surface area contributed by atoms with Crippen LogP contribution in [0.3, 0.4) is 0 Å². The molecule has 1 heterocycles. The van der Waals surface area contributed by atoms with E-state index in [4.69, 9.17) is 10.8 Å². The van der Waals surface area contributed by atoms with E-state index >= 15 is 0 Å². The molecule has 0 aromatic carbocycles. The van der Waals surface area contributed by atoms with Gasteiger partial charge in [-0.3, -0.25) is 14.4 Å². The molecule has 0 aromatic heterocycles. The largest absolute Gasteiger partial charge is 0.481 e. The van der Waals surface area contributed by atoms with Crippen LogP contribution in [0.1, 0.15) is 25.7 Å². The van der Waals surface area contributed by atoms with Gasteiger partial charge in [-0.25, -0.2) is 0 Å². The van der Waals surface area contributed by atoms with Crippen molar-refractivity contribution in [2.24, 2.45) is 5.73 Å². The van der Waals surface area contributed by atoms with Crippen LogP contribution >= 0.6 is 0 Å². The second-order valence-corrected chi connectivity index (χ2v) is 4.35. The minimum atomic E-state index is -0.950. The SMILES string of the molecule is NC(=O)C[C@H](NCCC(=O)O)C(=O)N1CCCC1. The summed E-state index contributed by atoms with van der Waals surface area (Å²) >= 11 is 0. The maximum absolute atomic E-state index is 12.1. The molecule has 7 heteroatoms. The Balaban J connectivity index is 2.50. The Kier molecular flexibility index (Phi) is 5.57. The van der Waals surface area contributed by atoms with Crippen LogP contribution in [0.25, 0.3) is 0 Å². The van der Waals surface area contributed by atoms with Crippen molar-refractivity contribution in [1.29, 1.82) is 0 Å². The van der Waals surface area contributed by atoms with Gasteiger partial charge in [-0.05, 0) is 12.8 Å². The maximum atomic E-state index is 12.1. The molecule has 1 rings (SSSR count). The lowest BCUT2D eigenvalue weighted by Gasteiger charge is -2.23. The second kappa shape index (κ2) is 6.95. The molecule has 1 aliphatic rings. The smallest absolute Gasteiger partial charge is 0.304 e. The Morgan fingerprint density at radius 1 is 1.28 bits per heavy atom. The summed E-state index contributed by atoms with van der Waals surface area (Å²) in [4.78, 5) is 35.1. The lowest BCUT2D eigenvalue weighted by atomic mass is 10.1. The van der Waals surface area contributed by atoms with Crippen molar-refractivity contribution in [2.75, 3.05) is 19.6 Å². The fraction of sp³-hybridized carbons (Fsp3) is 0.727. The number of carbonyl (C=O) groups excluding carboxylic acids is 2. The minimum absolute atomic E-state index is 0.0947. The molecule has 1 atom stereocenters. The number of rotatable bonds is 7. The van der Waals surface area contributed by atoms with E-state index in [1.54, 1.807) is 4.90 Å². The summed E-state index contributed by atoms with van der Waals surface area (Å²) in [6.45, 7) is 1.52. The van der Waals surface area contributed by atoms with Crippen molar-refractivity contribution < 1.29 is 19.5 Å². The number of amides is 2. The van der Waals surface area contributed by atoms with Crippen LogP contribution in [0.5, 0.6) is 0 Å². The third-order valence-electron chi connectivity index (χ3n) is 2.85. The first-order valence-corrected chi connectivity index (χ1v) is 6.03. The number of aliphatic carboxylic acids is 1. The zero-order valence-corrected chi connectivity index (χ0v) is 10.2. The van der Waals surface area contributed by atoms with E-state index in [1.807, 2.05) is 0 Å². The Labute approximate surface area is 105 Å². The number of hydrogen-bond donors (Lipinski definition) is 3. The molecule has 2 amide bonds. The predicted molar refractivity (Wildman–Crippen MR) is 63.7 cm³/mol. The van der Waals surface area contributed by atoms with Gasteiger partial charge in [-0.15, -0.1) is 0 Å². The van der Waals surface area contributed by atoms with Gasteiger partial charge in [0.25, 0.3) is 0 Å². The normalized spacial score (nSPS) is 16.6. The number of primary amides is 1. The number of nitrogens with two attached hydrogens (primary N) is 1. The molecule has 1 saturated heterocycles. The Morgan fingerprint density at radius 2 is 1.89 bits per heavy atom. The average molecular weight is 257 g/mol. The summed E-state index contributed by atoms with van der Waals surface area (Å²) in [6, 6.07) is -0.708. The summed E-state index contributed by atoms with van der Waals surface area (Å²) in [5, 5.41) is 11.3. The van der Waals surface area contributed by atoms with Crippen molar-refractivity contribution in [3.63, 3.8) is 0 Å². The van der Waals surface area contributed by atoms with Crippen LogP contribution in [-0.2, 0) is 14.4 Å². The highest BCUT2D eigenvalue weighted by Gasteiger charge is 2.27. The van der Waals surface area contributed by atoms with Gasteiger partial charge in [-0.1, -0.05) is 0 Å². The standard InChI is InChI=1S/C11H19N3O4/c12-9(15)7-8(13-4-3-10(16)17)11(18)14-5-1-2-6-14/h8,13H,1-7H2,(H2,12,15)(H,16,17)/t8-/m0/s1. The molecule has 0 unspecified atom stereocenters. The third kappa shape index (κ3) is 4.70. The number of nitrogens with one attached hydrogen (secondary N) is 1. The summed E-state index contributed by atoms with van der Waals surface area (Å²) in [7, 11) is 0. The van der Waals surface area contributed by atoms with Gasteiger partial charge in [0.05, 0.1) is 18.9 Å². The highest BCUT2D eigenvalue weighted by Crippen LogP contribution is 2.10. The topological polar surface area (TPSA) is 113 Å². The van der Waals surface area contributed by atoms with E-state index in [-0.39, 0.29) is 25.3 Å². The number of hydrogen-bond acceptors (Lipinski definition) is 4. The van der Waals surface area contributed by atoms with Gasteiger partial charge >= 0.3 is 5.97 Å². The van der Waals surface area contributed by atoms with E-state index in [1.165, 1.54) is 0 Å². The predicted octanol–water partition coefficient (Wildman–Crippen LogP) is -1.08. The number of likely N-dealkylation sites (tertiary alicyclic amines) is 1. The Bertz CT molecular complexity index is 326. The fourth-order valence-corrected chi connectivity index (χ4v) is 1.96. The minimum Gasteiger partial charge on any atom is -0.481 e. The molecule has 7 nitrogen and oxygen atoms in total. The maximum Gasteiger partial charge on any atom is 0.304 e. The van der Waals surface area contributed by atoms with Crippen molar-refractivity contribution in [3.05, 3.63) is 0 Å². The first kappa shape index (κ1) is 14.4. The number of carboxylic acid groups (broad SMARTS) is 1. The highest BCUT2D eigenvalue weighted by atomic mass is 16.4. The van der Waals surface area contributed by atoms with Gasteiger partial charge < -0.3 is 21.1 Å². The van der Waals surface area contributed by atoms with Crippen LogP contribution in [0.4, 0.5) is 0 Å². The summed E-state index contributed by atoms with van der Waals surface area (Å²) < 4.78 is 0.